The third kappa shape index (κ3) is 4.97. The van der Waals surface area contributed by atoms with E-state index in [1.165, 1.54) is 12.1 Å². The van der Waals surface area contributed by atoms with Gasteiger partial charge in [0.2, 0.25) is 17.6 Å². The summed E-state index contributed by atoms with van der Waals surface area (Å²) in [5.41, 5.74) is 0.377. The van der Waals surface area contributed by atoms with Crippen molar-refractivity contribution in [1.29, 1.82) is 0 Å². The largest absolute Gasteiger partial charge is 0.507 e. The Hall–Kier alpha value is -5.79. The first-order chi connectivity index (χ1) is 27.2. The minimum atomic E-state index is -2.70. The zero-order valence-corrected chi connectivity index (χ0v) is 30.6. The molecule has 0 unspecified atom stereocenters. The number of carbonyl (C=O) groups is 4. The second kappa shape index (κ2) is 12.9. The van der Waals surface area contributed by atoms with Crippen molar-refractivity contribution in [3.05, 3.63) is 137 Å². The van der Waals surface area contributed by atoms with Crippen LogP contribution in [0, 0.1) is 46.8 Å². The molecule has 8 nitrogen and oxygen atoms in total. The number of nitrogens with one attached hydrogen (secondary N) is 1. The van der Waals surface area contributed by atoms with E-state index in [9.17, 15) is 37.5 Å². The SMILES string of the molecule is O=C1[C@H]2[C@H](CC=C3[C@H]2C[C@@]2(Cl)C(=O)N(c4c(F)c(F)c(F)c(F)c4F)C(=O)[C@@]2(Cl)[C@H]3c2ccc(O)c3ccccc23)C(=O)N1c1ccc(Nc2ccccc2)cc1. The van der Waals surface area contributed by atoms with E-state index in [0.29, 0.717) is 16.6 Å². The lowest BCUT2D eigenvalue weighted by Crippen LogP contribution is -2.60. The summed E-state index contributed by atoms with van der Waals surface area (Å²) < 4.78 is 74.2. The van der Waals surface area contributed by atoms with Gasteiger partial charge in [-0.15, -0.1) is 23.2 Å². The number of amides is 4. The van der Waals surface area contributed by atoms with Crippen molar-refractivity contribution in [2.75, 3.05) is 15.1 Å². The Balaban J connectivity index is 1.19. The summed E-state index contributed by atoms with van der Waals surface area (Å²) in [6.45, 7) is 0. The third-order valence-electron chi connectivity index (χ3n) is 11.7. The predicted molar refractivity (Wildman–Crippen MR) is 201 cm³/mol. The van der Waals surface area contributed by atoms with Crippen molar-refractivity contribution in [2.45, 2.75) is 28.5 Å². The number of para-hydroxylation sites is 1. The Labute approximate surface area is 330 Å². The van der Waals surface area contributed by atoms with Crippen LogP contribution in [0.5, 0.6) is 5.75 Å². The summed E-state index contributed by atoms with van der Waals surface area (Å²) in [6, 6.07) is 25.0. The molecule has 9 rings (SSSR count). The maximum Gasteiger partial charge on any atom is 0.258 e. The van der Waals surface area contributed by atoms with Crippen LogP contribution < -0.4 is 15.1 Å². The fourth-order valence-electron chi connectivity index (χ4n) is 9.11. The van der Waals surface area contributed by atoms with Crippen LogP contribution in [-0.2, 0) is 19.2 Å². The topological polar surface area (TPSA) is 107 Å². The van der Waals surface area contributed by atoms with E-state index in [2.05, 4.69) is 5.32 Å². The summed E-state index contributed by atoms with van der Waals surface area (Å²) >= 11 is 14.6. The van der Waals surface area contributed by atoms with E-state index in [1.807, 2.05) is 30.3 Å². The smallest absolute Gasteiger partial charge is 0.258 e. The second-order valence-electron chi connectivity index (χ2n) is 14.5. The van der Waals surface area contributed by atoms with Crippen LogP contribution >= 0.6 is 23.2 Å². The monoisotopic (exact) mass is 817 g/mol. The molecule has 4 amide bonds. The van der Waals surface area contributed by atoms with Crippen LogP contribution in [0.15, 0.2) is 103 Å². The molecule has 288 valence electrons. The lowest BCUT2D eigenvalue weighted by atomic mass is 9.56. The number of aromatic hydroxyl groups is 1. The predicted octanol–water partition coefficient (Wildman–Crippen LogP) is 8.75. The molecule has 0 radical (unpaired) electrons. The average molecular weight is 819 g/mol. The highest BCUT2D eigenvalue weighted by Crippen LogP contribution is 2.66. The molecule has 2 aliphatic heterocycles. The molecule has 0 bridgehead atoms. The Bertz CT molecular complexity index is 2620. The molecule has 2 aliphatic carbocycles. The summed E-state index contributed by atoms with van der Waals surface area (Å²) in [7, 11) is 0. The van der Waals surface area contributed by atoms with Gasteiger partial charge in [0.15, 0.2) is 33.0 Å². The zero-order chi connectivity index (χ0) is 40.3. The highest BCUT2D eigenvalue weighted by Gasteiger charge is 2.77. The van der Waals surface area contributed by atoms with Gasteiger partial charge in [-0.05, 0) is 72.2 Å². The number of halogens is 7. The quantitative estimate of drug-likeness (QED) is 0.0459. The molecule has 5 aromatic carbocycles. The molecule has 1 saturated carbocycles. The van der Waals surface area contributed by atoms with Gasteiger partial charge in [-0.25, -0.2) is 26.9 Å². The van der Waals surface area contributed by atoms with Crippen molar-refractivity contribution in [3.8, 4) is 5.75 Å². The van der Waals surface area contributed by atoms with E-state index in [1.54, 1.807) is 54.6 Å². The number of alkyl halides is 2. The number of nitrogens with zero attached hydrogens (tertiary/aromatic N) is 2. The number of benzene rings is 5. The first-order valence-corrected chi connectivity index (χ1v) is 18.4. The number of anilines is 4. The molecular weight excluding hydrogens is 792 g/mol. The maximum absolute atomic E-state index is 15.4. The van der Waals surface area contributed by atoms with E-state index in [4.69, 9.17) is 23.2 Å². The molecule has 0 spiro atoms. The first-order valence-electron chi connectivity index (χ1n) is 17.7. The number of hydrogen-bond acceptors (Lipinski definition) is 6. The summed E-state index contributed by atoms with van der Waals surface area (Å²) in [5, 5.41) is 14.6. The number of hydrogen-bond donors (Lipinski definition) is 2. The highest BCUT2D eigenvalue weighted by atomic mass is 35.5. The summed E-state index contributed by atoms with van der Waals surface area (Å²) in [5.74, 6) is -21.5. The van der Waals surface area contributed by atoms with Gasteiger partial charge in [-0.3, -0.25) is 24.1 Å². The van der Waals surface area contributed by atoms with Crippen molar-refractivity contribution in [1.82, 2.24) is 0 Å². The number of fused-ring (bicyclic) bond motifs is 5. The normalized spacial score (nSPS) is 26.8. The molecule has 4 aliphatic rings. The molecule has 6 atom stereocenters. The van der Waals surface area contributed by atoms with Crippen LogP contribution in [0.25, 0.3) is 10.8 Å². The minimum absolute atomic E-state index is 0.0243. The summed E-state index contributed by atoms with van der Waals surface area (Å²) in [6.07, 6.45) is 0.962. The Morgan fingerprint density at radius 1 is 0.649 bits per heavy atom. The van der Waals surface area contributed by atoms with Gasteiger partial charge in [-0.2, -0.15) is 0 Å². The Morgan fingerprint density at radius 2 is 1.25 bits per heavy atom. The maximum atomic E-state index is 15.4. The van der Waals surface area contributed by atoms with E-state index in [-0.39, 0.29) is 33.7 Å². The summed E-state index contributed by atoms with van der Waals surface area (Å²) in [4.78, 5) is 53.3. The van der Waals surface area contributed by atoms with Crippen molar-refractivity contribution < 1.29 is 46.2 Å². The Kier molecular flexibility index (Phi) is 8.31. The minimum Gasteiger partial charge on any atom is -0.507 e. The number of allylic oxidation sites excluding steroid dienone is 2. The van der Waals surface area contributed by atoms with Gasteiger partial charge >= 0.3 is 0 Å². The van der Waals surface area contributed by atoms with Crippen molar-refractivity contribution >= 4 is 80.4 Å². The molecule has 57 heavy (non-hydrogen) atoms. The third-order valence-corrected chi connectivity index (χ3v) is 13.1. The van der Waals surface area contributed by atoms with Crippen LogP contribution in [-0.4, -0.2) is 38.5 Å². The lowest BCUT2D eigenvalue weighted by molar-refractivity contribution is -0.125. The number of phenolic OH excluding ortho intramolecular Hbond substituents is 1. The molecular formula is C42H26Cl2F5N3O5. The van der Waals surface area contributed by atoms with Gasteiger partial charge in [0.25, 0.3) is 11.8 Å². The van der Waals surface area contributed by atoms with Crippen LogP contribution in [0.1, 0.15) is 24.3 Å². The van der Waals surface area contributed by atoms with Gasteiger partial charge in [0.1, 0.15) is 11.4 Å². The molecule has 2 heterocycles. The molecule has 3 fully saturated rings. The van der Waals surface area contributed by atoms with Gasteiger partial charge < -0.3 is 10.4 Å². The molecule has 0 aromatic heterocycles. The van der Waals surface area contributed by atoms with Crippen LogP contribution in [0.2, 0.25) is 0 Å². The van der Waals surface area contributed by atoms with Crippen molar-refractivity contribution in [3.63, 3.8) is 0 Å². The lowest BCUT2D eigenvalue weighted by Gasteiger charge is -2.51. The van der Waals surface area contributed by atoms with E-state index >= 15 is 8.78 Å². The van der Waals surface area contributed by atoms with Gasteiger partial charge in [0.05, 0.1) is 17.5 Å². The van der Waals surface area contributed by atoms with Gasteiger partial charge in [-0.1, -0.05) is 60.2 Å². The van der Waals surface area contributed by atoms with Gasteiger partial charge in [0, 0.05) is 22.7 Å². The Morgan fingerprint density at radius 3 is 1.91 bits per heavy atom. The second-order valence-corrected chi connectivity index (χ2v) is 15.7. The molecule has 5 aromatic rings. The molecule has 2 saturated heterocycles. The standard InChI is InChI=1S/C42H26Cl2F5N3O5/c43-41-18-27-25(14-15-26-29(27)38(55)51(37(26)54)21-12-10-20(11-13-21)50-19-6-2-1-3-7-19)30(24-16-17-28(53)23-9-5-4-8-22(23)24)42(41,44)40(57)52(39(41)56)36-34(48)32(46)31(45)33(47)35(36)49/h1-14,16-17,26-27,29-30,50,53H,15,18H2/t26-,27+,29-,30-,41+,42-/m0/s1. The van der Waals surface area contributed by atoms with Crippen LogP contribution in [0.4, 0.5) is 44.7 Å². The number of carbonyl (C=O) groups excluding carboxylic acids is 4. The number of phenols is 1. The van der Waals surface area contributed by atoms with E-state index in [0.717, 1.165) is 10.6 Å². The molecule has 15 heteroatoms. The fraction of sp³-hybridized carbons (Fsp3) is 0.190. The molecule has 2 N–H and O–H groups in total. The first kappa shape index (κ1) is 36.8. The number of rotatable bonds is 5. The zero-order valence-electron chi connectivity index (χ0n) is 29.1. The van der Waals surface area contributed by atoms with E-state index < -0.39 is 98.2 Å². The van der Waals surface area contributed by atoms with Crippen molar-refractivity contribution in [2.24, 2.45) is 17.8 Å². The van der Waals surface area contributed by atoms with Crippen LogP contribution in [0.3, 0.4) is 0 Å². The number of imide groups is 2. The highest BCUT2D eigenvalue weighted by molar-refractivity contribution is 6.58. The average Bonchev–Trinajstić information content (AvgIpc) is 3.55. The fourth-order valence-corrected chi connectivity index (χ4v) is 10.0.